The van der Waals surface area contributed by atoms with Crippen LogP contribution in [0.3, 0.4) is 0 Å². The Morgan fingerprint density at radius 1 is 1.27 bits per heavy atom. The van der Waals surface area contributed by atoms with Gasteiger partial charge in [-0.1, -0.05) is 46.3 Å². The van der Waals surface area contributed by atoms with Gasteiger partial charge in [0.15, 0.2) is 0 Å². The number of benzene rings is 1. The van der Waals surface area contributed by atoms with Gasteiger partial charge in [0.2, 0.25) is 0 Å². The molecule has 0 aliphatic heterocycles. The Kier molecular flexibility index (Phi) is 3.21. The maximum Gasteiger partial charge on any atom is 0.0662 e. The van der Waals surface area contributed by atoms with Crippen molar-refractivity contribution in [3.63, 3.8) is 0 Å². The topological polar surface area (TPSA) is 17.8 Å². The van der Waals surface area contributed by atoms with E-state index in [9.17, 15) is 0 Å². The highest BCUT2D eigenvalue weighted by Crippen LogP contribution is 2.12. The van der Waals surface area contributed by atoms with E-state index in [2.05, 4.69) is 52.2 Å². The first-order valence-electron chi connectivity index (χ1n) is 4.92. The van der Waals surface area contributed by atoms with Crippen LogP contribution in [-0.4, -0.2) is 9.78 Å². The van der Waals surface area contributed by atoms with Gasteiger partial charge >= 0.3 is 0 Å². The van der Waals surface area contributed by atoms with Gasteiger partial charge in [0.1, 0.15) is 0 Å². The van der Waals surface area contributed by atoms with E-state index in [1.807, 2.05) is 16.9 Å². The molecule has 15 heavy (non-hydrogen) atoms. The van der Waals surface area contributed by atoms with Crippen LogP contribution in [0.5, 0.6) is 0 Å². The maximum atomic E-state index is 4.37. The molecule has 0 atom stereocenters. The van der Waals surface area contributed by atoms with E-state index in [0.717, 1.165) is 11.9 Å². The molecule has 0 spiro atoms. The Morgan fingerprint density at radius 2 is 2.00 bits per heavy atom. The van der Waals surface area contributed by atoms with E-state index in [1.165, 1.54) is 16.8 Å². The second kappa shape index (κ2) is 4.62. The van der Waals surface area contributed by atoms with E-state index in [1.54, 1.807) is 0 Å². The summed E-state index contributed by atoms with van der Waals surface area (Å²) in [6.07, 6.45) is 1.92. The Balaban J connectivity index is 2.21. The van der Waals surface area contributed by atoms with Crippen molar-refractivity contribution in [1.29, 1.82) is 0 Å². The number of halogens is 1. The van der Waals surface area contributed by atoms with Gasteiger partial charge in [0.25, 0.3) is 0 Å². The molecule has 0 fully saturated rings. The molecular weight excluding hydrogens is 252 g/mol. The third-order valence-electron chi connectivity index (χ3n) is 2.52. The van der Waals surface area contributed by atoms with Crippen LogP contribution in [0.15, 0.2) is 36.5 Å². The third kappa shape index (κ3) is 2.29. The second-order valence-electron chi connectivity index (χ2n) is 3.53. The van der Waals surface area contributed by atoms with Crippen LogP contribution in [0.2, 0.25) is 0 Å². The lowest BCUT2D eigenvalue weighted by molar-refractivity contribution is 0.664. The molecule has 0 N–H and O–H groups in total. The minimum absolute atomic E-state index is 0.847. The summed E-state index contributed by atoms with van der Waals surface area (Å²) in [5.74, 6) is 0. The molecule has 0 saturated heterocycles. The summed E-state index contributed by atoms with van der Waals surface area (Å²) in [6.45, 7) is 2.95. The minimum atomic E-state index is 0.847. The molecule has 0 unspecified atom stereocenters. The van der Waals surface area contributed by atoms with Gasteiger partial charge < -0.3 is 0 Å². The van der Waals surface area contributed by atoms with E-state index in [-0.39, 0.29) is 0 Å². The van der Waals surface area contributed by atoms with Crippen LogP contribution in [0.4, 0.5) is 0 Å². The summed E-state index contributed by atoms with van der Waals surface area (Å²) in [4.78, 5) is 0. The van der Waals surface area contributed by atoms with Gasteiger partial charge in [0, 0.05) is 16.6 Å². The smallest absolute Gasteiger partial charge is 0.0662 e. The zero-order valence-electron chi connectivity index (χ0n) is 8.65. The number of hydrogen-bond acceptors (Lipinski definition) is 1. The molecule has 0 bridgehead atoms. The zero-order valence-corrected chi connectivity index (χ0v) is 10.2. The van der Waals surface area contributed by atoms with Crippen LogP contribution in [0.25, 0.3) is 0 Å². The second-order valence-corrected chi connectivity index (χ2v) is 4.09. The Morgan fingerprint density at radius 3 is 2.60 bits per heavy atom. The molecular formula is C12H13BrN2. The molecule has 0 aliphatic rings. The predicted octanol–water partition coefficient (Wildman–Crippen LogP) is 3.13. The summed E-state index contributed by atoms with van der Waals surface area (Å²) < 4.78 is 2.03. The van der Waals surface area contributed by atoms with E-state index >= 15 is 0 Å². The highest BCUT2D eigenvalue weighted by Gasteiger charge is 2.04. The maximum absolute atomic E-state index is 4.37. The molecule has 1 aromatic heterocycles. The SMILES string of the molecule is Cc1c(CBr)cnn1Cc1ccccc1. The number of hydrogen-bond donors (Lipinski definition) is 0. The summed E-state index contributed by atoms with van der Waals surface area (Å²) in [5.41, 5.74) is 3.77. The van der Waals surface area contributed by atoms with Gasteiger partial charge in [-0.05, 0) is 12.5 Å². The molecule has 78 valence electrons. The molecule has 1 aromatic carbocycles. The van der Waals surface area contributed by atoms with Crippen LogP contribution < -0.4 is 0 Å². The lowest BCUT2D eigenvalue weighted by Crippen LogP contribution is -2.03. The highest BCUT2D eigenvalue weighted by molar-refractivity contribution is 9.08. The zero-order chi connectivity index (χ0) is 10.7. The molecule has 0 aliphatic carbocycles. The van der Waals surface area contributed by atoms with E-state index in [4.69, 9.17) is 0 Å². The minimum Gasteiger partial charge on any atom is -0.265 e. The first-order chi connectivity index (χ1) is 7.31. The molecule has 0 radical (unpaired) electrons. The van der Waals surface area contributed by atoms with Crippen molar-refractivity contribution < 1.29 is 0 Å². The molecule has 2 aromatic rings. The van der Waals surface area contributed by atoms with Crippen LogP contribution in [0.1, 0.15) is 16.8 Å². The Hall–Kier alpha value is -1.09. The number of nitrogens with zero attached hydrogens (tertiary/aromatic N) is 2. The fourth-order valence-electron chi connectivity index (χ4n) is 1.53. The number of aromatic nitrogens is 2. The molecule has 2 rings (SSSR count). The number of rotatable bonds is 3. The monoisotopic (exact) mass is 264 g/mol. The predicted molar refractivity (Wildman–Crippen MR) is 65.1 cm³/mol. The van der Waals surface area contributed by atoms with Gasteiger partial charge in [0.05, 0.1) is 12.7 Å². The lowest BCUT2D eigenvalue weighted by Gasteiger charge is -2.04. The summed E-state index contributed by atoms with van der Waals surface area (Å²) in [6, 6.07) is 10.4. The Labute approximate surface area is 98.1 Å². The Bertz CT molecular complexity index is 434. The molecule has 3 heteroatoms. The van der Waals surface area contributed by atoms with Crippen molar-refractivity contribution in [1.82, 2.24) is 9.78 Å². The van der Waals surface area contributed by atoms with Crippen LogP contribution >= 0.6 is 15.9 Å². The molecule has 2 nitrogen and oxygen atoms in total. The summed E-state index contributed by atoms with van der Waals surface area (Å²) in [7, 11) is 0. The van der Waals surface area contributed by atoms with Crippen molar-refractivity contribution in [3.05, 3.63) is 53.3 Å². The van der Waals surface area contributed by atoms with Crippen molar-refractivity contribution in [3.8, 4) is 0 Å². The number of alkyl halides is 1. The van der Waals surface area contributed by atoms with Crippen molar-refractivity contribution in [2.45, 2.75) is 18.8 Å². The first kappa shape index (κ1) is 10.4. The first-order valence-corrected chi connectivity index (χ1v) is 6.04. The average Bonchev–Trinajstić information content (AvgIpc) is 2.62. The highest BCUT2D eigenvalue weighted by atomic mass is 79.9. The summed E-state index contributed by atoms with van der Waals surface area (Å²) >= 11 is 3.45. The van der Waals surface area contributed by atoms with Crippen LogP contribution in [0, 0.1) is 6.92 Å². The largest absolute Gasteiger partial charge is 0.265 e. The van der Waals surface area contributed by atoms with Crippen molar-refractivity contribution >= 4 is 15.9 Å². The summed E-state index contributed by atoms with van der Waals surface area (Å²) in [5, 5.41) is 5.24. The standard InChI is InChI=1S/C12H13BrN2/c1-10-12(7-13)8-14-15(10)9-11-5-3-2-4-6-11/h2-6,8H,7,9H2,1H3. The fraction of sp³-hybridized carbons (Fsp3) is 0.250. The van der Waals surface area contributed by atoms with Crippen LogP contribution in [-0.2, 0) is 11.9 Å². The molecule has 0 saturated carbocycles. The normalized spacial score (nSPS) is 10.5. The van der Waals surface area contributed by atoms with Crippen molar-refractivity contribution in [2.75, 3.05) is 0 Å². The van der Waals surface area contributed by atoms with E-state index in [0.29, 0.717) is 0 Å². The molecule has 1 heterocycles. The van der Waals surface area contributed by atoms with Gasteiger partial charge in [-0.2, -0.15) is 5.10 Å². The average molecular weight is 265 g/mol. The quantitative estimate of drug-likeness (QED) is 0.779. The lowest BCUT2D eigenvalue weighted by atomic mass is 10.2. The van der Waals surface area contributed by atoms with Gasteiger partial charge in [-0.15, -0.1) is 0 Å². The van der Waals surface area contributed by atoms with Crippen molar-refractivity contribution in [2.24, 2.45) is 0 Å². The molecule has 0 amide bonds. The van der Waals surface area contributed by atoms with Gasteiger partial charge in [-0.25, -0.2) is 0 Å². The fourth-order valence-corrected chi connectivity index (χ4v) is 2.08. The third-order valence-corrected chi connectivity index (χ3v) is 3.13. The van der Waals surface area contributed by atoms with Gasteiger partial charge in [-0.3, -0.25) is 4.68 Å². The van der Waals surface area contributed by atoms with E-state index < -0.39 is 0 Å².